The van der Waals surface area contributed by atoms with Gasteiger partial charge in [0, 0.05) is 12.6 Å². The second kappa shape index (κ2) is 11.0. The Morgan fingerprint density at radius 2 is 1.44 bits per heavy atom. The Morgan fingerprint density at radius 1 is 0.938 bits per heavy atom. The van der Waals surface area contributed by atoms with Crippen molar-refractivity contribution in [1.29, 1.82) is 0 Å². The van der Waals surface area contributed by atoms with Crippen LogP contribution in [0.2, 0.25) is 0 Å². The van der Waals surface area contributed by atoms with Crippen molar-refractivity contribution < 1.29 is 0 Å². The van der Waals surface area contributed by atoms with Crippen LogP contribution in [-0.2, 0) is 0 Å². The molecule has 96 valence electrons. The van der Waals surface area contributed by atoms with Crippen LogP contribution in [0.5, 0.6) is 0 Å². The van der Waals surface area contributed by atoms with Gasteiger partial charge in [-0.15, -0.1) is 0 Å². The quantitative estimate of drug-likeness (QED) is 0.448. The zero-order chi connectivity index (χ0) is 12.2. The molecule has 0 heterocycles. The molecule has 0 aliphatic rings. The number of unbranched alkanes of at least 4 members (excludes halogenated alkanes) is 7. The summed E-state index contributed by atoms with van der Waals surface area (Å²) in [6.45, 7) is 11.8. The van der Waals surface area contributed by atoms with E-state index < -0.39 is 0 Å². The highest BCUT2D eigenvalue weighted by Gasteiger charge is 2.02. The maximum absolute atomic E-state index is 3.86. The van der Waals surface area contributed by atoms with Gasteiger partial charge in [-0.25, -0.2) is 0 Å². The van der Waals surface area contributed by atoms with Crippen LogP contribution in [-0.4, -0.2) is 17.5 Å². The van der Waals surface area contributed by atoms with Gasteiger partial charge >= 0.3 is 0 Å². The number of hydrogen-bond acceptors (Lipinski definition) is 1. The van der Waals surface area contributed by atoms with Gasteiger partial charge in [-0.1, -0.05) is 58.4 Å². The van der Waals surface area contributed by atoms with Crippen molar-refractivity contribution in [2.75, 3.05) is 6.54 Å². The van der Waals surface area contributed by atoms with Crippen molar-refractivity contribution in [2.24, 2.45) is 0 Å². The highest BCUT2D eigenvalue weighted by Crippen LogP contribution is 2.09. The van der Waals surface area contributed by atoms with Crippen molar-refractivity contribution in [3.63, 3.8) is 0 Å². The summed E-state index contributed by atoms with van der Waals surface area (Å²) in [4.78, 5) is 2.33. The van der Waals surface area contributed by atoms with Crippen LogP contribution in [0.3, 0.4) is 0 Å². The van der Waals surface area contributed by atoms with E-state index in [1.165, 1.54) is 57.9 Å². The molecule has 0 atom stereocenters. The molecule has 0 saturated heterocycles. The van der Waals surface area contributed by atoms with Crippen LogP contribution in [0.1, 0.15) is 72.1 Å². The van der Waals surface area contributed by atoms with Crippen LogP contribution in [0.15, 0.2) is 12.8 Å². The fourth-order valence-corrected chi connectivity index (χ4v) is 1.99. The summed E-state index contributed by atoms with van der Waals surface area (Å²) >= 11 is 0. The highest BCUT2D eigenvalue weighted by atomic mass is 15.1. The SMILES string of the molecule is C=CN(CCCCCCCCCC)C(C)C. The normalized spacial score (nSPS) is 10.8. The Morgan fingerprint density at radius 3 is 1.88 bits per heavy atom. The molecule has 0 spiro atoms. The highest BCUT2D eigenvalue weighted by molar-refractivity contribution is 4.74. The lowest BCUT2D eigenvalue weighted by Gasteiger charge is -2.24. The van der Waals surface area contributed by atoms with Crippen molar-refractivity contribution in [3.05, 3.63) is 12.8 Å². The van der Waals surface area contributed by atoms with Gasteiger partial charge in [0.2, 0.25) is 0 Å². The lowest BCUT2D eigenvalue weighted by atomic mass is 10.1. The molecule has 0 unspecified atom stereocenters. The molecular weight excluding hydrogens is 194 g/mol. The number of rotatable bonds is 11. The summed E-state index contributed by atoms with van der Waals surface area (Å²) in [5, 5.41) is 0. The molecule has 1 heteroatoms. The first-order chi connectivity index (χ1) is 7.72. The number of nitrogens with zero attached hydrogens (tertiary/aromatic N) is 1. The van der Waals surface area contributed by atoms with Gasteiger partial charge in [0.15, 0.2) is 0 Å². The van der Waals surface area contributed by atoms with Crippen LogP contribution < -0.4 is 0 Å². The predicted molar refractivity (Wildman–Crippen MR) is 74.6 cm³/mol. The second-order valence-corrected chi connectivity index (χ2v) is 4.99. The van der Waals surface area contributed by atoms with Gasteiger partial charge in [-0.3, -0.25) is 0 Å². The minimum atomic E-state index is 0.599. The minimum absolute atomic E-state index is 0.599. The Hall–Kier alpha value is -0.460. The van der Waals surface area contributed by atoms with Gasteiger partial charge in [-0.2, -0.15) is 0 Å². The largest absolute Gasteiger partial charge is 0.376 e. The minimum Gasteiger partial charge on any atom is -0.376 e. The molecule has 0 radical (unpaired) electrons. The summed E-state index contributed by atoms with van der Waals surface area (Å²) in [6, 6.07) is 0.599. The standard InChI is InChI=1S/C15H31N/c1-5-7-8-9-10-11-12-13-14-16(6-2)15(3)4/h6,15H,2,5,7-14H2,1,3-4H3. The van der Waals surface area contributed by atoms with E-state index in [1.807, 2.05) is 6.20 Å². The van der Waals surface area contributed by atoms with E-state index >= 15 is 0 Å². The molecule has 0 fully saturated rings. The third kappa shape index (κ3) is 8.82. The van der Waals surface area contributed by atoms with Crippen molar-refractivity contribution >= 4 is 0 Å². The van der Waals surface area contributed by atoms with Gasteiger partial charge < -0.3 is 4.90 Å². The van der Waals surface area contributed by atoms with E-state index in [0.717, 1.165) is 0 Å². The molecule has 0 saturated carbocycles. The smallest absolute Gasteiger partial charge is 0.0227 e. The molecule has 0 aliphatic carbocycles. The molecule has 0 rings (SSSR count). The average Bonchev–Trinajstić information content (AvgIpc) is 2.26. The van der Waals surface area contributed by atoms with E-state index in [-0.39, 0.29) is 0 Å². The van der Waals surface area contributed by atoms with Crippen molar-refractivity contribution in [2.45, 2.75) is 78.2 Å². The monoisotopic (exact) mass is 225 g/mol. The Balaban J connectivity index is 3.22. The molecule has 1 nitrogen and oxygen atoms in total. The van der Waals surface area contributed by atoms with Gasteiger partial charge in [0.1, 0.15) is 0 Å². The zero-order valence-electron chi connectivity index (χ0n) is 11.7. The molecule has 0 bridgehead atoms. The Kier molecular flexibility index (Phi) is 10.7. The summed E-state index contributed by atoms with van der Waals surface area (Å²) in [7, 11) is 0. The fraction of sp³-hybridized carbons (Fsp3) is 0.867. The fourth-order valence-electron chi connectivity index (χ4n) is 1.99. The zero-order valence-corrected chi connectivity index (χ0v) is 11.7. The van der Waals surface area contributed by atoms with Crippen LogP contribution in [0.25, 0.3) is 0 Å². The van der Waals surface area contributed by atoms with E-state index in [2.05, 4.69) is 32.3 Å². The topological polar surface area (TPSA) is 3.24 Å². The average molecular weight is 225 g/mol. The first-order valence-corrected chi connectivity index (χ1v) is 7.10. The molecule has 0 aromatic rings. The van der Waals surface area contributed by atoms with Crippen LogP contribution in [0.4, 0.5) is 0 Å². The van der Waals surface area contributed by atoms with E-state index in [9.17, 15) is 0 Å². The molecule has 0 aromatic carbocycles. The Labute approximate surface area is 103 Å². The lowest BCUT2D eigenvalue weighted by Crippen LogP contribution is -2.25. The maximum atomic E-state index is 3.86. The molecule has 0 N–H and O–H groups in total. The molecule has 16 heavy (non-hydrogen) atoms. The summed E-state index contributed by atoms with van der Waals surface area (Å²) in [6.07, 6.45) is 13.1. The van der Waals surface area contributed by atoms with Crippen molar-refractivity contribution in [3.8, 4) is 0 Å². The second-order valence-electron chi connectivity index (χ2n) is 4.99. The van der Waals surface area contributed by atoms with Crippen LogP contribution >= 0.6 is 0 Å². The maximum Gasteiger partial charge on any atom is 0.0227 e. The first-order valence-electron chi connectivity index (χ1n) is 7.10. The summed E-state index contributed by atoms with van der Waals surface area (Å²) in [5.41, 5.74) is 0. The third-order valence-corrected chi connectivity index (χ3v) is 3.17. The molecule has 0 amide bonds. The van der Waals surface area contributed by atoms with Crippen LogP contribution in [0, 0.1) is 0 Å². The predicted octanol–water partition coefficient (Wildman–Crippen LogP) is 4.98. The molecular formula is C15H31N. The van der Waals surface area contributed by atoms with Crippen molar-refractivity contribution in [1.82, 2.24) is 4.90 Å². The molecule has 0 aromatic heterocycles. The summed E-state index contributed by atoms with van der Waals surface area (Å²) in [5.74, 6) is 0. The van der Waals surface area contributed by atoms with E-state index in [0.29, 0.717) is 6.04 Å². The molecule has 0 aliphatic heterocycles. The lowest BCUT2D eigenvalue weighted by molar-refractivity contribution is 0.303. The van der Waals surface area contributed by atoms with Gasteiger partial charge in [0.05, 0.1) is 0 Å². The Bertz CT molecular complexity index is 152. The first kappa shape index (κ1) is 15.5. The van der Waals surface area contributed by atoms with E-state index in [4.69, 9.17) is 0 Å². The third-order valence-electron chi connectivity index (χ3n) is 3.17. The van der Waals surface area contributed by atoms with E-state index in [1.54, 1.807) is 0 Å². The number of hydrogen-bond donors (Lipinski definition) is 0. The van der Waals surface area contributed by atoms with Gasteiger partial charge in [-0.05, 0) is 26.5 Å². The van der Waals surface area contributed by atoms with Gasteiger partial charge in [0.25, 0.3) is 0 Å². The summed E-state index contributed by atoms with van der Waals surface area (Å²) < 4.78 is 0.